The van der Waals surface area contributed by atoms with Crippen molar-refractivity contribution < 1.29 is 8.42 Å². The van der Waals surface area contributed by atoms with E-state index in [-0.39, 0.29) is 4.90 Å². The first kappa shape index (κ1) is 14.3. The van der Waals surface area contributed by atoms with E-state index in [0.717, 1.165) is 12.8 Å². The quantitative estimate of drug-likeness (QED) is 0.775. The molecule has 10 heteroatoms. The molecule has 0 amide bonds. The average Bonchev–Trinajstić information content (AvgIpc) is 3.21. The van der Waals surface area contributed by atoms with E-state index in [0.29, 0.717) is 21.8 Å². The van der Waals surface area contributed by atoms with Crippen molar-refractivity contribution >= 4 is 27.5 Å². The average molecular weight is 326 g/mol. The smallest absolute Gasteiger partial charge is 0.240 e. The third kappa shape index (κ3) is 2.87. The van der Waals surface area contributed by atoms with Crippen LogP contribution in [0, 0.1) is 0 Å². The van der Waals surface area contributed by atoms with Crippen LogP contribution in [0.1, 0.15) is 18.9 Å². The summed E-state index contributed by atoms with van der Waals surface area (Å²) in [7, 11) is -2.14. The number of hydrogen-bond acceptors (Lipinski definition) is 7. The third-order valence-electron chi connectivity index (χ3n) is 3.12. The number of hydrogen-bond donors (Lipinski definition) is 2. The molecule has 1 aromatic heterocycles. The van der Waals surface area contributed by atoms with Crippen molar-refractivity contribution in [3.8, 4) is 0 Å². The van der Waals surface area contributed by atoms with Crippen LogP contribution in [0.3, 0.4) is 0 Å². The lowest BCUT2D eigenvalue weighted by molar-refractivity contribution is 0.565. The summed E-state index contributed by atoms with van der Waals surface area (Å²) in [5.74, 6) is 0. The predicted molar refractivity (Wildman–Crippen MR) is 77.3 cm³/mol. The van der Waals surface area contributed by atoms with Crippen LogP contribution < -0.4 is 10.5 Å². The normalized spacial score (nSPS) is 15.3. The molecule has 1 fully saturated rings. The molecular formula is C11H14N6O2S2. The van der Waals surface area contributed by atoms with Gasteiger partial charge in [0, 0.05) is 10.6 Å². The molecular weight excluding hydrogens is 312 g/mol. The van der Waals surface area contributed by atoms with Gasteiger partial charge in [0.25, 0.3) is 0 Å². The van der Waals surface area contributed by atoms with E-state index in [4.69, 9.17) is 5.73 Å². The van der Waals surface area contributed by atoms with Gasteiger partial charge in [-0.1, -0.05) is 0 Å². The molecule has 112 valence electrons. The summed E-state index contributed by atoms with van der Waals surface area (Å²) in [5.41, 5.74) is 6.41. The molecule has 1 aromatic carbocycles. The van der Waals surface area contributed by atoms with E-state index < -0.39 is 10.0 Å². The van der Waals surface area contributed by atoms with E-state index in [2.05, 4.69) is 20.2 Å². The number of tetrazole rings is 1. The fraction of sp³-hybridized carbons (Fsp3) is 0.364. The lowest BCUT2D eigenvalue weighted by Crippen LogP contribution is -2.18. The SMILES string of the molecule is CNS(=O)(=O)c1ccc(N)c(Sc2nnnn2C2CC2)c1. The zero-order valence-corrected chi connectivity index (χ0v) is 12.9. The Morgan fingerprint density at radius 2 is 2.19 bits per heavy atom. The number of aromatic nitrogens is 4. The number of nitrogens with two attached hydrogens (primary N) is 1. The topological polar surface area (TPSA) is 116 Å². The molecule has 2 aromatic rings. The molecule has 0 unspecified atom stereocenters. The number of nitrogens with one attached hydrogen (secondary N) is 1. The fourth-order valence-corrected chi connectivity index (χ4v) is 3.54. The summed E-state index contributed by atoms with van der Waals surface area (Å²) in [6.07, 6.45) is 2.12. The third-order valence-corrected chi connectivity index (χ3v) is 5.56. The van der Waals surface area contributed by atoms with Gasteiger partial charge < -0.3 is 5.73 Å². The molecule has 0 aliphatic heterocycles. The molecule has 1 aliphatic rings. The Balaban J connectivity index is 1.94. The largest absolute Gasteiger partial charge is 0.398 e. The first-order valence-electron chi connectivity index (χ1n) is 6.30. The molecule has 1 aliphatic carbocycles. The van der Waals surface area contributed by atoms with Crippen LogP contribution in [0.4, 0.5) is 5.69 Å². The van der Waals surface area contributed by atoms with Gasteiger partial charge in [-0.25, -0.2) is 17.8 Å². The minimum absolute atomic E-state index is 0.159. The van der Waals surface area contributed by atoms with Gasteiger partial charge in [0.15, 0.2) is 0 Å². The molecule has 0 radical (unpaired) electrons. The highest BCUT2D eigenvalue weighted by Crippen LogP contribution is 2.39. The molecule has 0 atom stereocenters. The zero-order valence-electron chi connectivity index (χ0n) is 11.2. The van der Waals surface area contributed by atoms with Crippen LogP contribution in [-0.4, -0.2) is 35.7 Å². The Hall–Kier alpha value is -1.65. The number of nitrogen functional groups attached to an aromatic ring is 1. The maximum Gasteiger partial charge on any atom is 0.240 e. The van der Waals surface area contributed by atoms with Gasteiger partial charge in [-0.2, -0.15) is 0 Å². The Morgan fingerprint density at radius 1 is 1.43 bits per heavy atom. The van der Waals surface area contributed by atoms with Crippen molar-refractivity contribution in [3.05, 3.63) is 18.2 Å². The second-order valence-electron chi connectivity index (χ2n) is 4.65. The number of benzene rings is 1. The minimum atomic E-state index is -3.51. The second kappa shape index (κ2) is 5.28. The van der Waals surface area contributed by atoms with E-state index in [1.807, 2.05) is 0 Å². The summed E-state index contributed by atoms with van der Waals surface area (Å²) >= 11 is 1.27. The summed E-state index contributed by atoms with van der Waals surface area (Å²) in [6.45, 7) is 0. The molecule has 0 bridgehead atoms. The number of nitrogens with zero attached hydrogens (tertiary/aromatic N) is 4. The summed E-state index contributed by atoms with van der Waals surface area (Å²) in [6, 6.07) is 4.90. The van der Waals surface area contributed by atoms with Gasteiger partial charge in [0.2, 0.25) is 15.2 Å². The van der Waals surface area contributed by atoms with Gasteiger partial charge in [0.05, 0.1) is 10.9 Å². The van der Waals surface area contributed by atoms with Crippen LogP contribution >= 0.6 is 11.8 Å². The summed E-state index contributed by atoms with van der Waals surface area (Å²) in [5, 5.41) is 12.2. The predicted octanol–water partition coefficient (Wildman–Crippen LogP) is 0.649. The number of sulfonamides is 1. The lowest BCUT2D eigenvalue weighted by atomic mass is 10.3. The van der Waals surface area contributed by atoms with Crippen molar-refractivity contribution in [3.63, 3.8) is 0 Å². The Labute approximate surface area is 126 Å². The fourth-order valence-electron chi connectivity index (χ4n) is 1.79. The van der Waals surface area contributed by atoms with Crippen molar-refractivity contribution in [2.45, 2.75) is 33.8 Å². The highest BCUT2D eigenvalue weighted by Gasteiger charge is 2.28. The first-order chi connectivity index (χ1) is 10.0. The molecule has 0 saturated heterocycles. The van der Waals surface area contributed by atoms with E-state index in [1.54, 1.807) is 10.7 Å². The van der Waals surface area contributed by atoms with E-state index in [1.165, 1.54) is 30.9 Å². The van der Waals surface area contributed by atoms with Crippen LogP contribution in [-0.2, 0) is 10.0 Å². The molecule has 1 heterocycles. The van der Waals surface area contributed by atoms with Crippen molar-refractivity contribution in [2.75, 3.05) is 12.8 Å². The zero-order chi connectivity index (χ0) is 15.0. The van der Waals surface area contributed by atoms with Gasteiger partial charge in [-0.05, 0) is 60.3 Å². The van der Waals surface area contributed by atoms with Gasteiger partial charge in [0.1, 0.15) is 0 Å². The standard InChI is InChI=1S/C11H14N6O2S2/c1-13-21(18,19)8-4-5-9(12)10(6-8)20-11-14-15-16-17(11)7-2-3-7/h4-7,13H,2-3,12H2,1H3. The highest BCUT2D eigenvalue weighted by atomic mass is 32.2. The minimum Gasteiger partial charge on any atom is -0.398 e. The molecule has 3 N–H and O–H groups in total. The maximum atomic E-state index is 11.8. The van der Waals surface area contributed by atoms with E-state index in [9.17, 15) is 8.42 Å². The van der Waals surface area contributed by atoms with Crippen molar-refractivity contribution in [1.29, 1.82) is 0 Å². The molecule has 0 spiro atoms. The van der Waals surface area contributed by atoms with Crippen molar-refractivity contribution in [2.24, 2.45) is 0 Å². The second-order valence-corrected chi connectivity index (χ2v) is 7.54. The summed E-state index contributed by atoms with van der Waals surface area (Å²) in [4.78, 5) is 0.773. The van der Waals surface area contributed by atoms with Gasteiger partial charge in [-0.3, -0.25) is 0 Å². The summed E-state index contributed by atoms with van der Waals surface area (Å²) < 4.78 is 27.7. The molecule has 3 rings (SSSR count). The highest BCUT2D eigenvalue weighted by molar-refractivity contribution is 7.99. The van der Waals surface area contributed by atoms with E-state index >= 15 is 0 Å². The number of rotatable bonds is 5. The molecule has 1 saturated carbocycles. The van der Waals surface area contributed by atoms with Gasteiger partial charge in [-0.15, -0.1) is 5.10 Å². The van der Waals surface area contributed by atoms with Crippen LogP contribution in [0.15, 0.2) is 33.1 Å². The van der Waals surface area contributed by atoms with Crippen LogP contribution in [0.5, 0.6) is 0 Å². The molecule has 21 heavy (non-hydrogen) atoms. The van der Waals surface area contributed by atoms with Crippen LogP contribution in [0.25, 0.3) is 0 Å². The maximum absolute atomic E-state index is 11.8. The number of anilines is 1. The first-order valence-corrected chi connectivity index (χ1v) is 8.60. The monoisotopic (exact) mass is 326 g/mol. The lowest BCUT2D eigenvalue weighted by Gasteiger charge is -2.08. The van der Waals surface area contributed by atoms with Crippen LogP contribution in [0.2, 0.25) is 0 Å². The van der Waals surface area contributed by atoms with Crippen molar-refractivity contribution in [1.82, 2.24) is 24.9 Å². The Kier molecular flexibility index (Phi) is 3.59. The molecule has 8 nitrogen and oxygen atoms in total. The van der Waals surface area contributed by atoms with Gasteiger partial charge >= 0.3 is 0 Å². The Morgan fingerprint density at radius 3 is 2.86 bits per heavy atom. The Bertz CT molecular complexity index is 769.